The van der Waals surface area contributed by atoms with E-state index in [9.17, 15) is 13.2 Å². The van der Waals surface area contributed by atoms with E-state index in [0.717, 1.165) is 25.0 Å². The van der Waals surface area contributed by atoms with Gasteiger partial charge >= 0.3 is 0 Å². The average molecular weight is 350 g/mol. The number of carbonyl (C=O) groups is 1. The summed E-state index contributed by atoms with van der Waals surface area (Å²) in [6, 6.07) is 6.13. The zero-order chi connectivity index (χ0) is 16.4. The number of sulfone groups is 1. The van der Waals surface area contributed by atoms with E-state index in [-0.39, 0.29) is 16.6 Å². The van der Waals surface area contributed by atoms with Crippen LogP contribution >= 0.6 is 11.3 Å². The molecular weight excluding hydrogens is 332 g/mol. The Bertz CT molecular complexity index is 817. The first-order chi connectivity index (χ1) is 11.0. The van der Waals surface area contributed by atoms with Gasteiger partial charge in [-0.2, -0.15) is 0 Å². The molecule has 0 aliphatic heterocycles. The fourth-order valence-electron chi connectivity index (χ4n) is 2.57. The van der Waals surface area contributed by atoms with E-state index < -0.39 is 9.84 Å². The van der Waals surface area contributed by atoms with Crippen LogP contribution in [0.2, 0.25) is 0 Å². The Morgan fingerprint density at radius 2 is 2.09 bits per heavy atom. The first-order valence-corrected chi connectivity index (χ1v) is 10.1. The van der Waals surface area contributed by atoms with Crippen molar-refractivity contribution in [3.63, 3.8) is 0 Å². The SMILES string of the molecule is CCS(=O)(=O)c1cccc(C(=O)Nc2nc3c(s2)CCCC3)c1. The molecule has 0 atom stereocenters. The molecule has 7 heteroatoms. The molecule has 1 aliphatic carbocycles. The number of rotatable bonds is 4. The summed E-state index contributed by atoms with van der Waals surface area (Å²) in [6.45, 7) is 1.59. The smallest absolute Gasteiger partial charge is 0.257 e. The molecule has 0 unspecified atom stereocenters. The highest BCUT2D eigenvalue weighted by molar-refractivity contribution is 7.91. The number of aryl methyl sites for hydroxylation is 2. The number of benzene rings is 1. The molecule has 5 nitrogen and oxygen atoms in total. The predicted octanol–water partition coefficient (Wildman–Crippen LogP) is 3.07. The van der Waals surface area contributed by atoms with Gasteiger partial charge in [-0.25, -0.2) is 13.4 Å². The van der Waals surface area contributed by atoms with Gasteiger partial charge in [-0.05, 0) is 43.9 Å². The third-order valence-corrected chi connectivity index (χ3v) is 6.71. The maximum absolute atomic E-state index is 12.4. The maximum Gasteiger partial charge on any atom is 0.257 e. The van der Waals surface area contributed by atoms with E-state index >= 15 is 0 Å². The second-order valence-electron chi connectivity index (χ2n) is 5.48. The van der Waals surface area contributed by atoms with E-state index in [1.165, 1.54) is 34.8 Å². The number of thiazole rings is 1. The number of anilines is 1. The predicted molar refractivity (Wildman–Crippen MR) is 90.9 cm³/mol. The van der Waals surface area contributed by atoms with Crippen molar-refractivity contribution in [2.45, 2.75) is 37.5 Å². The molecule has 1 aromatic heterocycles. The Morgan fingerprint density at radius 3 is 2.83 bits per heavy atom. The third kappa shape index (κ3) is 3.45. The lowest BCUT2D eigenvalue weighted by Gasteiger charge is -2.06. The zero-order valence-electron chi connectivity index (χ0n) is 12.8. The van der Waals surface area contributed by atoms with Crippen LogP contribution in [0.15, 0.2) is 29.2 Å². The van der Waals surface area contributed by atoms with Crippen molar-refractivity contribution in [2.24, 2.45) is 0 Å². The molecule has 1 N–H and O–H groups in total. The van der Waals surface area contributed by atoms with Gasteiger partial charge < -0.3 is 0 Å². The van der Waals surface area contributed by atoms with Gasteiger partial charge in [0, 0.05) is 10.4 Å². The second-order valence-corrected chi connectivity index (χ2v) is 8.84. The van der Waals surface area contributed by atoms with Gasteiger partial charge in [0.05, 0.1) is 16.3 Å². The Hall–Kier alpha value is -1.73. The molecule has 1 aromatic carbocycles. The van der Waals surface area contributed by atoms with Crippen LogP contribution in [0.5, 0.6) is 0 Å². The fourth-order valence-corrected chi connectivity index (χ4v) is 4.54. The molecule has 23 heavy (non-hydrogen) atoms. The lowest BCUT2D eigenvalue weighted by atomic mass is 10.0. The van der Waals surface area contributed by atoms with Gasteiger partial charge in [0.25, 0.3) is 5.91 Å². The Kier molecular flexibility index (Phi) is 4.50. The summed E-state index contributed by atoms with van der Waals surface area (Å²) in [5, 5.41) is 3.37. The summed E-state index contributed by atoms with van der Waals surface area (Å²) in [5.41, 5.74) is 1.41. The number of aromatic nitrogens is 1. The molecule has 0 saturated carbocycles. The molecule has 2 aromatic rings. The van der Waals surface area contributed by atoms with Crippen molar-refractivity contribution in [1.29, 1.82) is 0 Å². The van der Waals surface area contributed by atoms with Gasteiger partial charge in [0.2, 0.25) is 0 Å². The van der Waals surface area contributed by atoms with Crippen LogP contribution in [0.4, 0.5) is 5.13 Å². The average Bonchev–Trinajstić information content (AvgIpc) is 2.97. The molecule has 122 valence electrons. The Balaban J connectivity index is 1.81. The van der Waals surface area contributed by atoms with Gasteiger partial charge in [0.1, 0.15) is 0 Å². The first-order valence-electron chi connectivity index (χ1n) is 7.62. The number of nitrogens with zero attached hydrogens (tertiary/aromatic N) is 1. The lowest BCUT2D eigenvalue weighted by molar-refractivity contribution is 0.102. The van der Waals surface area contributed by atoms with Crippen LogP contribution in [0, 0.1) is 0 Å². The topological polar surface area (TPSA) is 76.1 Å². The number of hydrogen-bond acceptors (Lipinski definition) is 5. The van der Waals surface area contributed by atoms with Crippen LogP contribution in [-0.4, -0.2) is 25.1 Å². The van der Waals surface area contributed by atoms with Crippen molar-refractivity contribution in [1.82, 2.24) is 4.98 Å². The van der Waals surface area contributed by atoms with Gasteiger partial charge in [-0.15, -0.1) is 11.3 Å². The van der Waals surface area contributed by atoms with Crippen LogP contribution in [0.1, 0.15) is 40.7 Å². The zero-order valence-corrected chi connectivity index (χ0v) is 14.5. The minimum atomic E-state index is -3.32. The minimum absolute atomic E-state index is 0.0112. The second kappa shape index (κ2) is 6.41. The van der Waals surface area contributed by atoms with Gasteiger partial charge in [0.15, 0.2) is 15.0 Å². The van der Waals surface area contributed by atoms with E-state index in [4.69, 9.17) is 0 Å². The Morgan fingerprint density at radius 1 is 1.30 bits per heavy atom. The molecule has 0 saturated heterocycles. The number of amides is 1. The Labute approximate surface area is 139 Å². The van der Waals surface area contributed by atoms with Crippen LogP contribution < -0.4 is 5.32 Å². The normalized spacial score (nSPS) is 14.3. The largest absolute Gasteiger partial charge is 0.298 e. The number of nitrogens with one attached hydrogen (secondary N) is 1. The molecule has 0 fully saturated rings. The molecule has 1 amide bonds. The molecule has 0 spiro atoms. The number of carbonyl (C=O) groups excluding carboxylic acids is 1. The number of fused-ring (bicyclic) bond motifs is 1. The standard InChI is InChI=1S/C16H18N2O3S2/c1-2-23(20,21)12-7-5-6-11(10-12)15(19)18-16-17-13-8-3-4-9-14(13)22-16/h5-7,10H,2-4,8-9H2,1H3,(H,17,18,19). The fraction of sp³-hybridized carbons (Fsp3) is 0.375. The van der Waals surface area contributed by atoms with Crippen molar-refractivity contribution in [3.8, 4) is 0 Å². The van der Waals surface area contributed by atoms with Crippen LogP contribution in [0.25, 0.3) is 0 Å². The van der Waals surface area contributed by atoms with E-state index in [1.807, 2.05) is 0 Å². The monoisotopic (exact) mass is 350 g/mol. The molecular formula is C16H18N2O3S2. The highest BCUT2D eigenvalue weighted by Gasteiger charge is 2.18. The van der Waals surface area contributed by atoms with Crippen molar-refractivity contribution < 1.29 is 13.2 Å². The first kappa shape index (κ1) is 16.1. The summed E-state index contributed by atoms with van der Waals surface area (Å²) in [6.07, 6.45) is 4.29. The molecule has 1 heterocycles. The quantitative estimate of drug-likeness (QED) is 0.919. The summed E-state index contributed by atoms with van der Waals surface area (Å²) in [5.74, 6) is -0.318. The van der Waals surface area contributed by atoms with Crippen LogP contribution in [0.3, 0.4) is 0 Å². The lowest BCUT2D eigenvalue weighted by Crippen LogP contribution is -2.13. The van der Waals surface area contributed by atoms with Gasteiger partial charge in [-0.1, -0.05) is 13.0 Å². The third-order valence-electron chi connectivity index (χ3n) is 3.90. The summed E-state index contributed by atoms with van der Waals surface area (Å²) >= 11 is 1.51. The van der Waals surface area contributed by atoms with Crippen molar-refractivity contribution >= 4 is 32.2 Å². The van der Waals surface area contributed by atoms with E-state index in [0.29, 0.717) is 10.7 Å². The van der Waals surface area contributed by atoms with E-state index in [2.05, 4.69) is 10.3 Å². The van der Waals surface area contributed by atoms with Crippen molar-refractivity contribution in [3.05, 3.63) is 40.4 Å². The summed E-state index contributed by atoms with van der Waals surface area (Å²) < 4.78 is 23.8. The molecule has 1 aliphatic rings. The minimum Gasteiger partial charge on any atom is -0.298 e. The highest BCUT2D eigenvalue weighted by atomic mass is 32.2. The van der Waals surface area contributed by atoms with Gasteiger partial charge in [-0.3, -0.25) is 10.1 Å². The molecule has 3 rings (SSSR count). The van der Waals surface area contributed by atoms with Crippen LogP contribution in [-0.2, 0) is 22.7 Å². The van der Waals surface area contributed by atoms with E-state index in [1.54, 1.807) is 19.1 Å². The maximum atomic E-state index is 12.4. The highest BCUT2D eigenvalue weighted by Crippen LogP contribution is 2.29. The molecule has 0 radical (unpaired) electrons. The van der Waals surface area contributed by atoms with Crippen molar-refractivity contribution in [2.75, 3.05) is 11.1 Å². The number of hydrogen-bond donors (Lipinski definition) is 1. The summed E-state index contributed by atoms with van der Waals surface area (Å²) in [7, 11) is -3.32. The summed E-state index contributed by atoms with van der Waals surface area (Å²) in [4.78, 5) is 18.2. The molecule has 0 bridgehead atoms.